The summed E-state index contributed by atoms with van der Waals surface area (Å²) in [6.07, 6.45) is -2.68. The van der Waals surface area contributed by atoms with Gasteiger partial charge in [-0.05, 0) is 25.8 Å². The van der Waals surface area contributed by atoms with Crippen LogP contribution in [0.5, 0.6) is 0 Å². The molecule has 0 saturated carbocycles. The number of aryl methyl sites for hydroxylation is 1. The Bertz CT molecular complexity index is 440. The Kier molecular flexibility index (Phi) is 4.81. The van der Waals surface area contributed by atoms with Gasteiger partial charge < -0.3 is 9.88 Å². The molecule has 0 fully saturated rings. The van der Waals surface area contributed by atoms with Crippen LogP contribution in [0, 0.1) is 0 Å². The summed E-state index contributed by atoms with van der Waals surface area (Å²) in [4.78, 5) is 11.1. The number of hydrogen-bond donors (Lipinski definition) is 1. The second kappa shape index (κ2) is 5.93. The molecule has 1 rings (SSSR count). The monoisotopic (exact) mass is 262 g/mol. The lowest BCUT2D eigenvalue weighted by Crippen LogP contribution is -2.20. The highest BCUT2D eigenvalue weighted by atomic mass is 19.4. The van der Waals surface area contributed by atoms with Gasteiger partial charge in [0.15, 0.2) is 0 Å². The first-order valence-electron chi connectivity index (χ1n) is 5.78. The van der Waals surface area contributed by atoms with Crippen LogP contribution in [-0.4, -0.2) is 16.8 Å². The maximum Gasteiger partial charge on any atom is 0.389 e. The van der Waals surface area contributed by atoms with Crippen LogP contribution in [0.15, 0.2) is 23.1 Å². The number of aromatic nitrogens is 1. The van der Waals surface area contributed by atoms with Crippen LogP contribution < -0.4 is 10.9 Å². The molecule has 1 heterocycles. The number of alkyl halides is 3. The molecule has 0 amide bonds. The molecular weight excluding hydrogens is 245 g/mol. The van der Waals surface area contributed by atoms with Crippen LogP contribution in [0.4, 0.5) is 18.9 Å². The Labute approximate surface area is 104 Å². The molecule has 0 saturated heterocycles. The van der Waals surface area contributed by atoms with E-state index in [0.717, 1.165) is 5.69 Å². The van der Waals surface area contributed by atoms with Crippen molar-refractivity contribution >= 4 is 5.69 Å². The van der Waals surface area contributed by atoms with Gasteiger partial charge in [0.25, 0.3) is 0 Å². The molecule has 0 aliphatic carbocycles. The molecule has 0 spiro atoms. The first-order chi connectivity index (χ1) is 8.28. The fraction of sp³-hybridized carbons (Fsp3) is 0.583. The highest BCUT2D eigenvalue weighted by Crippen LogP contribution is 2.23. The summed E-state index contributed by atoms with van der Waals surface area (Å²) in [5.74, 6) is 0. The van der Waals surface area contributed by atoms with Gasteiger partial charge in [-0.1, -0.05) is 0 Å². The average molecular weight is 262 g/mol. The molecule has 6 heteroatoms. The Morgan fingerprint density at radius 2 is 2.06 bits per heavy atom. The second-order valence-corrected chi connectivity index (χ2v) is 4.42. The van der Waals surface area contributed by atoms with Gasteiger partial charge in [0.2, 0.25) is 5.56 Å². The van der Waals surface area contributed by atoms with Gasteiger partial charge in [0.1, 0.15) is 0 Å². The van der Waals surface area contributed by atoms with Crippen LogP contribution >= 0.6 is 0 Å². The summed E-state index contributed by atoms with van der Waals surface area (Å²) in [5.41, 5.74) is 0.613. The number of nitrogens with one attached hydrogen (secondary N) is 1. The first kappa shape index (κ1) is 14.6. The zero-order valence-corrected chi connectivity index (χ0v) is 10.4. The van der Waals surface area contributed by atoms with E-state index < -0.39 is 12.6 Å². The van der Waals surface area contributed by atoms with E-state index in [9.17, 15) is 18.0 Å². The van der Waals surface area contributed by atoms with Crippen molar-refractivity contribution in [3.63, 3.8) is 0 Å². The SMILES string of the molecule is CC(CCCC(F)(F)F)Nc1ccc(=O)n(C)c1. The Morgan fingerprint density at radius 1 is 1.39 bits per heavy atom. The number of halogens is 3. The smallest absolute Gasteiger partial charge is 0.381 e. The number of hydrogen-bond acceptors (Lipinski definition) is 2. The van der Waals surface area contributed by atoms with Gasteiger partial charge in [-0.15, -0.1) is 0 Å². The molecule has 3 nitrogen and oxygen atoms in total. The highest BCUT2D eigenvalue weighted by Gasteiger charge is 2.26. The fourth-order valence-corrected chi connectivity index (χ4v) is 1.64. The standard InChI is InChI=1S/C12H17F3N2O/c1-9(4-3-7-12(13,14)15)16-10-5-6-11(18)17(2)8-10/h5-6,8-9,16H,3-4,7H2,1-2H3. The zero-order valence-electron chi connectivity index (χ0n) is 10.4. The lowest BCUT2D eigenvalue weighted by Gasteiger charge is -2.16. The number of nitrogens with zero attached hydrogens (tertiary/aromatic N) is 1. The van der Waals surface area contributed by atoms with Crippen LogP contribution in [0.1, 0.15) is 26.2 Å². The largest absolute Gasteiger partial charge is 0.389 e. The number of rotatable bonds is 5. The van der Waals surface area contributed by atoms with E-state index in [0.29, 0.717) is 6.42 Å². The van der Waals surface area contributed by atoms with Crippen molar-refractivity contribution < 1.29 is 13.2 Å². The topological polar surface area (TPSA) is 34.0 Å². The van der Waals surface area contributed by atoms with E-state index in [4.69, 9.17) is 0 Å². The third-order valence-corrected chi connectivity index (χ3v) is 2.60. The Balaban J connectivity index is 2.42. The van der Waals surface area contributed by atoms with Crippen LogP contribution in [0.2, 0.25) is 0 Å². The molecule has 1 aromatic heterocycles. The van der Waals surface area contributed by atoms with Crippen LogP contribution in [0.25, 0.3) is 0 Å². The third kappa shape index (κ3) is 5.25. The second-order valence-electron chi connectivity index (χ2n) is 4.42. The minimum absolute atomic E-state index is 0.0650. The molecular formula is C12H17F3N2O. The molecule has 1 N–H and O–H groups in total. The summed E-state index contributed by atoms with van der Waals surface area (Å²) in [6.45, 7) is 1.82. The van der Waals surface area contributed by atoms with Gasteiger partial charge in [-0.25, -0.2) is 0 Å². The summed E-state index contributed by atoms with van der Waals surface area (Å²) < 4.78 is 37.3. The summed E-state index contributed by atoms with van der Waals surface area (Å²) in [7, 11) is 1.63. The molecule has 0 radical (unpaired) electrons. The van der Waals surface area contributed by atoms with Crippen molar-refractivity contribution in [2.75, 3.05) is 5.32 Å². The Hall–Kier alpha value is -1.46. The molecule has 1 aromatic rings. The van der Waals surface area contributed by atoms with Crippen molar-refractivity contribution in [3.8, 4) is 0 Å². The van der Waals surface area contributed by atoms with Crippen molar-refractivity contribution in [2.24, 2.45) is 7.05 Å². The van der Waals surface area contributed by atoms with Crippen molar-refractivity contribution in [1.82, 2.24) is 4.57 Å². The molecule has 1 unspecified atom stereocenters. The molecule has 0 bridgehead atoms. The van der Waals surface area contributed by atoms with E-state index in [2.05, 4.69) is 5.32 Å². The maximum atomic E-state index is 12.0. The van der Waals surface area contributed by atoms with Gasteiger partial charge >= 0.3 is 6.18 Å². The molecule has 0 aliphatic heterocycles. The summed E-state index contributed by atoms with van der Waals surface area (Å²) in [5, 5.41) is 3.07. The lowest BCUT2D eigenvalue weighted by molar-refractivity contribution is -0.135. The van der Waals surface area contributed by atoms with Crippen molar-refractivity contribution in [2.45, 2.75) is 38.4 Å². The Morgan fingerprint density at radius 3 is 2.61 bits per heavy atom. The van der Waals surface area contributed by atoms with Crippen LogP contribution in [-0.2, 0) is 7.05 Å². The predicted octanol–water partition coefficient (Wildman–Crippen LogP) is 2.92. The van der Waals surface area contributed by atoms with E-state index >= 15 is 0 Å². The minimum Gasteiger partial charge on any atom is -0.381 e. The molecule has 18 heavy (non-hydrogen) atoms. The molecule has 102 valence electrons. The highest BCUT2D eigenvalue weighted by molar-refractivity contribution is 5.40. The quantitative estimate of drug-likeness (QED) is 0.885. The van der Waals surface area contributed by atoms with Gasteiger partial charge in [0, 0.05) is 31.8 Å². The van der Waals surface area contributed by atoms with Gasteiger partial charge in [-0.3, -0.25) is 4.79 Å². The average Bonchev–Trinajstić information content (AvgIpc) is 2.21. The van der Waals surface area contributed by atoms with E-state index in [-0.39, 0.29) is 18.0 Å². The normalized spacial score (nSPS) is 13.4. The minimum atomic E-state index is -4.09. The van der Waals surface area contributed by atoms with E-state index in [1.807, 2.05) is 6.92 Å². The summed E-state index contributed by atoms with van der Waals surface area (Å²) >= 11 is 0. The third-order valence-electron chi connectivity index (χ3n) is 2.60. The molecule has 0 aliphatic rings. The van der Waals surface area contributed by atoms with Gasteiger partial charge in [-0.2, -0.15) is 13.2 Å². The molecule has 0 aromatic carbocycles. The number of pyridine rings is 1. The fourth-order valence-electron chi connectivity index (χ4n) is 1.64. The first-order valence-corrected chi connectivity index (χ1v) is 5.78. The lowest BCUT2D eigenvalue weighted by atomic mass is 10.1. The van der Waals surface area contributed by atoms with Gasteiger partial charge in [0.05, 0.1) is 5.69 Å². The predicted molar refractivity (Wildman–Crippen MR) is 64.7 cm³/mol. The zero-order chi connectivity index (χ0) is 13.8. The maximum absolute atomic E-state index is 12.0. The van der Waals surface area contributed by atoms with Crippen LogP contribution in [0.3, 0.4) is 0 Å². The van der Waals surface area contributed by atoms with Crippen molar-refractivity contribution in [3.05, 3.63) is 28.7 Å². The summed E-state index contributed by atoms with van der Waals surface area (Å²) in [6, 6.07) is 2.98. The number of anilines is 1. The van der Waals surface area contributed by atoms with Crippen molar-refractivity contribution in [1.29, 1.82) is 0 Å². The van der Waals surface area contributed by atoms with E-state index in [1.165, 1.54) is 10.6 Å². The van der Waals surface area contributed by atoms with E-state index in [1.54, 1.807) is 19.3 Å². The molecule has 1 atom stereocenters.